The van der Waals surface area contributed by atoms with E-state index in [4.69, 9.17) is 6.42 Å². The molecule has 3 aromatic rings. The van der Waals surface area contributed by atoms with Crippen molar-refractivity contribution < 1.29 is 9.72 Å². The lowest BCUT2D eigenvalue weighted by atomic mass is 10.3. The molecular weight excluding hydrogens is 366 g/mol. The summed E-state index contributed by atoms with van der Waals surface area (Å²) in [6.45, 7) is 6.03. The molecule has 2 aromatic heterocycles. The molecule has 2 heterocycles. The molecule has 9 heteroatoms. The van der Waals surface area contributed by atoms with Crippen molar-refractivity contribution in [2.24, 2.45) is 4.99 Å². The number of rotatable bonds is 4. The van der Waals surface area contributed by atoms with Crippen LogP contribution in [-0.4, -0.2) is 25.2 Å². The van der Waals surface area contributed by atoms with Gasteiger partial charge in [0.15, 0.2) is 10.5 Å². The number of carbonyl (C=O) groups is 1. The van der Waals surface area contributed by atoms with E-state index in [0.29, 0.717) is 15.0 Å². The van der Waals surface area contributed by atoms with Crippen LogP contribution in [0.4, 0.5) is 5.69 Å². The maximum atomic E-state index is 12.6. The average Bonchev–Trinajstić information content (AvgIpc) is 3.16. The predicted octanol–water partition coefficient (Wildman–Crippen LogP) is 3.07. The lowest BCUT2D eigenvalue weighted by Gasteiger charge is -2.06. The fourth-order valence-corrected chi connectivity index (χ4v) is 3.82. The third kappa shape index (κ3) is 3.52. The van der Waals surface area contributed by atoms with Crippen LogP contribution in [0.3, 0.4) is 0 Å². The molecule has 0 aliphatic rings. The lowest BCUT2D eigenvalue weighted by Crippen LogP contribution is -2.16. The molecule has 0 unspecified atom stereocenters. The minimum Gasteiger partial charge on any atom is -0.305 e. The Morgan fingerprint density at radius 3 is 2.78 bits per heavy atom. The summed E-state index contributed by atoms with van der Waals surface area (Å²) >= 11 is 1.18. The Labute approximate surface area is 158 Å². The van der Waals surface area contributed by atoms with E-state index in [-0.39, 0.29) is 24.0 Å². The number of aryl methyl sites for hydroxylation is 1. The minimum atomic E-state index is -0.482. The van der Waals surface area contributed by atoms with Crippen molar-refractivity contribution in [3.63, 3.8) is 0 Å². The maximum Gasteiger partial charge on any atom is 0.300 e. The molecule has 1 amide bonds. The van der Waals surface area contributed by atoms with Gasteiger partial charge in [0.2, 0.25) is 0 Å². The van der Waals surface area contributed by atoms with E-state index < -0.39 is 10.8 Å². The topological polar surface area (TPSA) is 95.3 Å². The van der Waals surface area contributed by atoms with Crippen LogP contribution in [0.1, 0.15) is 36.1 Å². The quantitative estimate of drug-likeness (QED) is 0.393. The van der Waals surface area contributed by atoms with Gasteiger partial charge in [-0.15, -0.1) is 6.42 Å². The van der Waals surface area contributed by atoms with Gasteiger partial charge in [-0.1, -0.05) is 17.3 Å². The maximum absolute atomic E-state index is 12.6. The van der Waals surface area contributed by atoms with Crippen LogP contribution < -0.4 is 4.80 Å². The van der Waals surface area contributed by atoms with Gasteiger partial charge in [-0.05, 0) is 32.9 Å². The zero-order valence-corrected chi connectivity index (χ0v) is 15.9. The Bertz CT molecular complexity index is 1160. The number of hydrogen-bond acceptors (Lipinski definition) is 5. The monoisotopic (exact) mass is 383 g/mol. The number of nitro groups is 1. The molecule has 0 fully saturated rings. The molecule has 1 aromatic carbocycles. The van der Waals surface area contributed by atoms with Gasteiger partial charge < -0.3 is 4.57 Å². The standard InChI is InChI=1S/C18H17N5O3S/c1-5-8-21-15-7-6-13(23(25)26)10-16(15)27-18(21)19-17(24)14-9-12(4)22(20-14)11(2)3/h1,6-7,9-11H,8H2,2-4H3. The second-order valence-electron chi connectivity index (χ2n) is 6.21. The highest BCUT2D eigenvalue weighted by Gasteiger charge is 2.15. The highest BCUT2D eigenvalue weighted by molar-refractivity contribution is 7.16. The third-order valence-corrected chi connectivity index (χ3v) is 5.00. The number of benzene rings is 1. The Hall–Kier alpha value is -3.25. The van der Waals surface area contributed by atoms with E-state index in [1.54, 1.807) is 21.4 Å². The van der Waals surface area contributed by atoms with Gasteiger partial charge in [0.25, 0.3) is 11.6 Å². The number of fused-ring (bicyclic) bond motifs is 1. The number of nitro benzene ring substituents is 1. The number of thiazole rings is 1. The van der Waals surface area contributed by atoms with Crippen LogP contribution in [0.2, 0.25) is 0 Å². The average molecular weight is 383 g/mol. The molecule has 0 N–H and O–H groups in total. The SMILES string of the molecule is C#CCn1c(=NC(=O)c2cc(C)n(C(C)C)n2)sc2cc([N+](=O)[O-])ccc21. The summed E-state index contributed by atoms with van der Waals surface area (Å²) in [5, 5.41) is 15.3. The van der Waals surface area contributed by atoms with E-state index in [9.17, 15) is 14.9 Å². The van der Waals surface area contributed by atoms with E-state index >= 15 is 0 Å². The number of hydrogen-bond donors (Lipinski definition) is 0. The summed E-state index contributed by atoms with van der Waals surface area (Å²) in [5.74, 6) is 2.04. The van der Waals surface area contributed by atoms with Crippen LogP contribution >= 0.6 is 11.3 Å². The second kappa shape index (κ2) is 7.17. The van der Waals surface area contributed by atoms with Crippen molar-refractivity contribution in [1.82, 2.24) is 14.3 Å². The zero-order valence-electron chi connectivity index (χ0n) is 15.0. The molecule has 0 saturated carbocycles. The highest BCUT2D eigenvalue weighted by Crippen LogP contribution is 2.23. The molecular formula is C18H17N5O3S. The van der Waals surface area contributed by atoms with Crippen LogP contribution in [0, 0.1) is 29.4 Å². The molecule has 0 spiro atoms. The van der Waals surface area contributed by atoms with Gasteiger partial charge in [-0.3, -0.25) is 19.6 Å². The van der Waals surface area contributed by atoms with Crippen LogP contribution in [0.15, 0.2) is 29.3 Å². The number of carbonyl (C=O) groups excluding carboxylic acids is 1. The minimum absolute atomic E-state index is 0.0271. The smallest absolute Gasteiger partial charge is 0.300 e. The van der Waals surface area contributed by atoms with Gasteiger partial charge in [0, 0.05) is 23.9 Å². The van der Waals surface area contributed by atoms with Gasteiger partial charge in [0.1, 0.15) is 0 Å². The summed E-state index contributed by atoms with van der Waals surface area (Å²) in [5.41, 5.74) is 1.78. The zero-order chi connectivity index (χ0) is 19.7. The molecule has 138 valence electrons. The van der Waals surface area contributed by atoms with Crippen molar-refractivity contribution in [1.29, 1.82) is 0 Å². The molecule has 0 aliphatic heterocycles. The first kappa shape index (κ1) is 18.5. The fraction of sp³-hybridized carbons (Fsp3) is 0.278. The first-order chi connectivity index (χ1) is 12.8. The fourth-order valence-electron chi connectivity index (χ4n) is 2.76. The van der Waals surface area contributed by atoms with Crippen LogP contribution in [0.5, 0.6) is 0 Å². The first-order valence-corrected chi connectivity index (χ1v) is 9.00. The predicted molar refractivity (Wildman–Crippen MR) is 103 cm³/mol. The second-order valence-corrected chi connectivity index (χ2v) is 7.22. The number of amides is 1. The molecule has 0 atom stereocenters. The summed E-state index contributed by atoms with van der Waals surface area (Å²) < 4.78 is 4.08. The van der Waals surface area contributed by atoms with Crippen molar-refractivity contribution >= 4 is 33.1 Å². The van der Waals surface area contributed by atoms with Gasteiger partial charge >= 0.3 is 0 Å². The number of non-ortho nitro benzene ring substituents is 1. The Morgan fingerprint density at radius 1 is 1.44 bits per heavy atom. The van der Waals surface area contributed by atoms with Crippen molar-refractivity contribution in [2.75, 3.05) is 0 Å². The Balaban J connectivity index is 2.13. The first-order valence-electron chi connectivity index (χ1n) is 8.18. The highest BCUT2D eigenvalue weighted by atomic mass is 32.1. The largest absolute Gasteiger partial charge is 0.305 e. The molecule has 3 rings (SSSR count). The Kier molecular flexibility index (Phi) is 4.92. The van der Waals surface area contributed by atoms with E-state index in [2.05, 4.69) is 16.0 Å². The van der Waals surface area contributed by atoms with Gasteiger partial charge in [0.05, 0.1) is 21.7 Å². The molecule has 0 saturated heterocycles. The Morgan fingerprint density at radius 2 is 2.19 bits per heavy atom. The van der Waals surface area contributed by atoms with Crippen molar-refractivity contribution in [3.05, 3.63) is 50.6 Å². The molecule has 0 bridgehead atoms. The number of nitrogens with zero attached hydrogens (tertiary/aromatic N) is 5. The molecule has 0 radical (unpaired) electrons. The lowest BCUT2D eigenvalue weighted by molar-refractivity contribution is -0.384. The summed E-state index contributed by atoms with van der Waals surface area (Å²) in [6, 6.07) is 6.29. The number of terminal acetylenes is 1. The van der Waals surface area contributed by atoms with Crippen LogP contribution in [-0.2, 0) is 6.54 Å². The molecule has 8 nitrogen and oxygen atoms in total. The van der Waals surface area contributed by atoms with E-state index in [1.807, 2.05) is 20.8 Å². The van der Waals surface area contributed by atoms with E-state index in [1.165, 1.54) is 23.5 Å². The van der Waals surface area contributed by atoms with Gasteiger partial charge in [-0.2, -0.15) is 10.1 Å². The van der Waals surface area contributed by atoms with Crippen molar-refractivity contribution in [3.8, 4) is 12.3 Å². The van der Waals surface area contributed by atoms with E-state index in [0.717, 1.165) is 5.69 Å². The summed E-state index contributed by atoms with van der Waals surface area (Å²) in [4.78, 5) is 27.7. The summed E-state index contributed by atoms with van der Waals surface area (Å²) in [6.07, 6.45) is 5.44. The van der Waals surface area contributed by atoms with Crippen molar-refractivity contribution in [2.45, 2.75) is 33.4 Å². The molecule has 0 aliphatic carbocycles. The van der Waals surface area contributed by atoms with Crippen LogP contribution in [0.25, 0.3) is 10.2 Å². The van der Waals surface area contributed by atoms with Gasteiger partial charge in [-0.25, -0.2) is 0 Å². The summed E-state index contributed by atoms with van der Waals surface area (Å²) in [7, 11) is 0. The number of aromatic nitrogens is 3. The third-order valence-electron chi connectivity index (χ3n) is 3.95. The normalized spacial score (nSPS) is 11.9. The molecule has 27 heavy (non-hydrogen) atoms.